The first-order chi connectivity index (χ1) is 7.87. The second-order valence-corrected chi connectivity index (χ2v) is 4.13. The third-order valence-corrected chi connectivity index (χ3v) is 2.59. The van der Waals surface area contributed by atoms with Gasteiger partial charge in [-0.2, -0.15) is 9.36 Å². The Morgan fingerprint density at radius 3 is 2.53 bits per heavy atom. The molecule has 0 radical (unpaired) electrons. The van der Waals surface area contributed by atoms with Crippen LogP contribution in [0, 0.1) is 5.92 Å². The van der Waals surface area contributed by atoms with Crippen molar-refractivity contribution in [3.8, 4) is 0 Å². The molecule has 2 rings (SSSR count). The second-order valence-electron chi connectivity index (χ2n) is 4.13. The number of hydrogen-bond donors (Lipinski definition) is 1. The second kappa shape index (κ2) is 3.90. The van der Waals surface area contributed by atoms with Gasteiger partial charge in [0.25, 0.3) is 0 Å². The van der Waals surface area contributed by atoms with Crippen LogP contribution in [0.2, 0.25) is 0 Å². The normalized spacial score (nSPS) is 18.9. The molecule has 0 unspecified atom stereocenters. The van der Waals surface area contributed by atoms with Crippen molar-refractivity contribution < 1.29 is 18.7 Å². The number of hydrogen-bond acceptors (Lipinski definition) is 4. The van der Waals surface area contributed by atoms with Crippen LogP contribution < -0.4 is 5.69 Å². The van der Waals surface area contributed by atoms with Gasteiger partial charge < -0.3 is 5.11 Å². The van der Waals surface area contributed by atoms with Crippen LogP contribution in [0.4, 0.5) is 8.78 Å². The number of halogens is 2. The Hall–Kier alpha value is -1.80. The quantitative estimate of drug-likeness (QED) is 0.780. The van der Waals surface area contributed by atoms with E-state index in [-0.39, 0.29) is 25.3 Å². The molecule has 0 aromatic carbocycles. The maximum absolute atomic E-state index is 12.6. The van der Waals surface area contributed by atoms with E-state index in [2.05, 4.69) is 10.4 Å². The van der Waals surface area contributed by atoms with E-state index >= 15 is 0 Å². The molecule has 0 bridgehead atoms. The summed E-state index contributed by atoms with van der Waals surface area (Å²) >= 11 is 0. The molecule has 0 amide bonds. The van der Waals surface area contributed by atoms with Crippen molar-refractivity contribution in [1.82, 2.24) is 19.8 Å². The van der Waals surface area contributed by atoms with E-state index in [1.54, 1.807) is 0 Å². The molecule has 1 heterocycles. The minimum Gasteiger partial charge on any atom is -0.480 e. The van der Waals surface area contributed by atoms with Crippen LogP contribution >= 0.6 is 0 Å². The SMILES string of the molecule is O=C(O)Cn1nnn(CC2CC(F)(F)C2)c1=O. The van der Waals surface area contributed by atoms with Crippen LogP contribution in [0.5, 0.6) is 0 Å². The van der Waals surface area contributed by atoms with E-state index in [0.717, 1.165) is 4.68 Å². The lowest BCUT2D eigenvalue weighted by Crippen LogP contribution is -2.40. The Balaban J connectivity index is 2.01. The first-order valence-electron chi connectivity index (χ1n) is 4.97. The maximum Gasteiger partial charge on any atom is 0.364 e. The molecular weight excluding hydrogens is 238 g/mol. The van der Waals surface area contributed by atoms with Crippen LogP contribution in [-0.2, 0) is 17.9 Å². The van der Waals surface area contributed by atoms with Crippen LogP contribution in [0.3, 0.4) is 0 Å². The highest BCUT2D eigenvalue weighted by atomic mass is 19.3. The number of nitrogens with zero attached hydrogens (tertiary/aromatic N) is 4. The summed E-state index contributed by atoms with van der Waals surface area (Å²) in [5.74, 6) is -4.17. The molecule has 0 aliphatic heterocycles. The molecule has 1 fully saturated rings. The Morgan fingerprint density at radius 1 is 1.41 bits per heavy atom. The molecule has 0 saturated heterocycles. The largest absolute Gasteiger partial charge is 0.480 e. The predicted octanol–water partition coefficient (Wildman–Crippen LogP) is -0.430. The number of carboxylic acids is 1. The highest BCUT2D eigenvalue weighted by Gasteiger charge is 2.45. The average molecular weight is 248 g/mol. The number of alkyl halides is 2. The molecule has 1 N–H and O–H groups in total. The number of aromatic nitrogens is 4. The van der Waals surface area contributed by atoms with E-state index in [1.165, 1.54) is 0 Å². The fourth-order valence-corrected chi connectivity index (χ4v) is 1.81. The van der Waals surface area contributed by atoms with Gasteiger partial charge in [-0.1, -0.05) is 0 Å². The molecule has 9 heteroatoms. The number of carbonyl (C=O) groups is 1. The van der Waals surface area contributed by atoms with Crippen molar-refractivity contribution in [2.24, 2.45) is 5.92 Å². The summed E-state index contributed by atoms with van der Waals surface area (Å²) in [4.78, 5) is 21.9. The predicted molar refractivity (Wildman–Crippen MR) is 49.6 cm³/mol. The third kappa shape index (κ3) is 2.48. The molecule has 1 saturated carbocycles. The number of aliphatic carboxylic acids is 1. The van der Waals surface area contributed by atoms with Crippen molar-refractivity contribution in [3.63, 3.8) is 0 Å². The zero-order valence-electron chi connectivity index (χ0n) is 8.71. The van der Waals surface area contributed by atoms with Crippen molar-refractivity contribution >= 4 is 5.97 Å². The number of carboxylic acid groups (broad SMARTS) is 1. The molecule has 1 aliphatic rings. The van der Waals surface area contributed by atoms with Gasteiger partial charge in [0.15, 0.2) is 0 Å². The van der Waals surface area contributed by atoms with Crippen LogP contribution in [0.15, 0.2) is 4.79 Å². The lowest BCUT2D eigenvalue weighted by Gasteiger charge is -2.34. The summed E-state index contributed by atoms with van der Waals surface area (Å²) in [5, 5.41) is 15.3. The highest BCUT2D eigenvalue weighted by molar-refractivity contribution is 5.66. The zero-order chi connectivity index (χ0) is 12.6. The van der Waals surface area contributed by atoms with E-state index in [1.807, 2.05) is 0 Å². The molecule has 1 aromatic rings. The summed E-state index contributed by atoms with van der Waals surface area (Å²) in [6.45, 7) is -0.534. The Bertz CT molecular complexity index is 487. The molecule has 1 aliphatic carbocycles. The topological polar surface area (TPSA) is 90.0 Å². The van der Waals surface area contributed by atoms with Gasteiger partial charge in [-0.15, -0.1) is 0 Å². The summed E-state index contributed by atoms with van der Waals surface area (Å²) in [5.41, 5.74) is -0.692. The maximum atomic E-state index is 12.6. The molecule has 1 aromatic heterocycles. The first-order valence-corrected chi connectivity index (χ1v) is 4.97. The Kier molecular flexibility index (Phi) is 2.68. The first kappa shape index (κ1) is 11.7. The van der Waals surface area contributed by atoms with E-state index in [0.29, 0.717) is 4.68 Å². The van der Waals surface area contributed by atoms with Crippen LogP contribution in [0.1, 0.15) is 12.8 Å². The third-order valence-electron chi connectivity index (χ3n) is 2.59. The fourth-order valence-electron chi connectivity index (χ4n) is 1.81. The fraction of sp³-hybridized carbons (Fsp3) is 0.750. The van der Waals surface area contributed by atoms with Gasteiger partial charge in [0.05, 0.1) is 6.54 Å². The molecule has 17 heavy (non-hydrogen) atoms. The number of rotatable bonds is 4. The van der Waals surface area contributed by atoms with Gasteiger partial charge >= 0.3 is 11.7 Å². The molecule has 7 nitrogen and oxygen atoms in total. The summed E-state index contributed by atoms with van der Waals surface area (Å²) in [6.07, 6.45) is -0.545. The Labute approximate surface area is 93.6 Å². The molecule has 94 valence electrons. The van der Waals surface area contributed by atoms with Gasteiger partial charge in [0, 0.05) is 12.8 Å². The lowest BCUT2D eigenvalue weighted by atomic mass is 9.81. The van der Waals surface area contributed by atoms with Crippen LogP contribution in [0.25, 0.3) is 0 Å². The molecule has 0 atom stereocenters. The van der Waals surface area contributed by atoms with Gasteiger partial charge in [0.1, 0.15) is 6.54 Å². The van der Waals surface area contributed by atoms with Gasteiger partial charge in [-0.3, -0.25) is 4.79 Å². The molecule has 0 spiro atoms. The summed E-state index contributed by atoms with van der Waals surface area (Å²) in [6, 6.07) is 0. The standard InChI is InChI=1S/C8H10F2N4O3/c9-8(10)1-5(2-8)3-13-7(17)14(12-11-13)4-6(15)16/h5H,1-4H2,(H,15,16). The average Bonchev–Trinajstić information content (AvgIpc) is 2.46. The van der Waals surface area contributed by atoms with Crippen LogP contribution in [-0.4, -0.2) is 36.8 Å². The smallest absolute Gasteiger partial charge is 0.364 e. The van der Waals surface area contributed by atoms with Crippen molar-refractivity contribution in [2.75, 3.05) is 0 Å². The Morgan fingerprint density at radius 2 is 2.00 bits per heavy atom. The lowest BCUT2D eigenvalue weighted by molar-refractivity contribution is -0.138. The van der Waals surface area contributed by atoms with Gasteiger partial charge in [-0.05, 0) is 16.3 Å². The van der Waals surface area contributed by atoms with Crippen molar-refractivity contribution in [3.05, 3.63) is 10.5 Å². The number of tetrazole rings is 1. The summed E-state index contributed by atoms with van der Waals surface area (Å²) < 4.78 is 26.7. The van der Waals surface area contributed by atoms with Crippen molar-refractivity contribution in [2.45, 2.75) is 31.9 Å². The minimum atomic E-state index is -2.65. The van der Waals surface area contributed by atoms with E-state index < -0.39 is 24.1 Å². The highest BCUT2D eigenvalue weighted by Crippen LogP contribution is 2.42. The van der Waals surface area contributed by atoms with Gasteiger partial charge in [0.2, 0.25) is 5.92 Å². The van der Waals surface area contributed by atoms with Gasteiger partial charge in [-0.25, -0.2) is 13.6 Å². The zero-order valence-corrected chi connectivity index (χ0v) is 8.71. The monoisotopic (exact) mass is 248 g/mol. The minimum absolute atomic E-state index is 0.0496. The van der Waals surface area contributed by atoms with E-state index in [9.17, 15) is 18.4 Å². The van der Waals surface area contributed by atoms with Crippen molar-refractivity contribution in [1.29, 1.82) is 0 Å². The van der Waals surface area contributed by atoms with E-state index in [4.69, 9.17) is 5.11 Å². The summed E-state index contributed by atoms with van der Waals surface area (Å²) in [7, 11) is 0. The molecular formula is C8H10F2N4O3.